The smallest absolute Gasteiger partial charge is 0.275 e. The molecule has 0 aliphatic heterocycles. The first-order valence-electron chi connectivity index (χ1n) is 8.67. The van der Waals surface area contributed by atoms with Gasteiger partial charge in [0.05, 0.1) is 18.5 Å². The molecule has 0 unspecified atom stereocenters. The van der Waals surface area contributed by atoms with Crippen LogP contribution in [-0.2, 0) is 0 Å². The first kappa shape index (κ1) is 17.9. The van der Waals surface area contributed by atoms with Crippen LogP contribution in [0.5, 0.6) is 5.75 Å². The third-order valence-corrected chi connectivity index (χ3v) is 4.82. The van der Waals surface area contributed by atoms with Gasteiger partial charge in [0.25, 0.3) is 5.91 Å². The summed E-state index contributed by atoms with van der Waals surface area (Å²) >= 11 is 1.42. The Balaban J connectivity index is 1.44. The normalized spacial score (nSPS) is 10.6. The van der Waals surface area contributed by atoms with Gasteiger partial charge >= 0.3 is 0 Å². The number of ether oxygens (including phenoxy) is 1. The second kappa shape index (κ2) is 8.01. The van der Waals surface area contributed by atoms with E-state index in [0.717, 1.165) is 22.1 Å². The number of pyridine rings is 1. The van der Waals surface area contributed by atoms with Crippen molar-refractivity contribution in [3.63, 3.8) is 0 Å². The van der Waals surface area contributed by atoms with Crippen molar-refractivity contribution in [3.05, 3.63) is 72.4 Å². The van der Waals surface area contributed by atoms with E-state index < -0.39 is 0 Å². The molecule has 8 heteroatoms. The van der Waals surface area contributed by atoms with Crippen LogP contribution in [0.4, 0.5) is 5.69 Å². The Morgan fingerprint density at radius 3 is 2.75 bits per heavy atom. The van der Waals surface area contributed by atoms with E-state index >= 15 is 0 Å². The molecule has 1 amide bonds. The summed E-state index contributed by atoms with van der Waals surface area (Å²) in [6.07, 6.45) is 6.76. The van der Waals surface area contributed by atoms with E-state index in [0.29, 0.717) is 18.0 Å². The number of benzene rings is 1. The lowest BCUT2D eigenvalue weighted by atomic mass is 10.2. The number of anilines is 1. The van der Waals surface area contributed by atoms with E-state index in [9.17, 15) is 4.79 Å². The van der Waals surface area contributed by atoms with Crippen LogP contribution in [0.1, 0.15) is 17.4 Å². The molecule has 0 saturated heterocycles. The van der Waals surface area contributed by atoms with E-state index in [1.807, 2.05) is 37.3 Å². The predicted octanol–water partition coefficient (Wildman–Crippen LogP) is 4.04. The van der Waals surface area contributed by atoms with Crippen molar-refractivity contribution in [3.8, 4) is 22.1 Å². The van der Waals surface area contributed by atoms with Crippen LogP contribution in [0.3, 0.4) is 0 Å². The van der Waals surface area contributed by atoms with Gasteiger partial charge in [-0.15, -0.1) is 11.3 Å². The highest BCUT2D eigenvalue weighted by Gasteiger charge is 2.12. The molecular formula is C20H17N5O2S. The standard InChI is InChI=1S/C20H17N5O2S/c1-2-27-16-6-3-14(4-7-16)20-24-17(12-28-20)19(26)23-15-5-8-18(22-11-15)25-10-9-21-13-25/h3-13H,2H2,1H3,(H,23,26). The highest BCUT2D eigenvalue weighted by atomic mass is 32.1. The Kier molecular flexibility index (Phi) is 5.11. The number of thiazole rings is 1. The van der Waals surface area contributed by atoms with Crippen molar-refractivity contribution in [2.45, 2.75) is 6.92 Å². The summed E-state index contributed by atoms with van der Waals surface area (Å²) in [5.74, 6) is 1.26. The van der Waals surface area contributed by atoms with Gasteiger partial charge in [0.1, 0.15) is 28.6 Å². The molecule has 0 fully saturated rings. The van der Waals surface area contributed by atoms with Gasteiger partial charge in [0, 0.05) is 23.3 Å². The zero-order valence-electron chi connectivity index (χ0n) is 15.1. The van der Waals surface area contributed by atoms with E-state index in [1.54, 1.807) is 40.9 Å². The predicted molar refractivity (Wildman–Crippen MR) is 108 cm³/mol. The number of hydrogen-bond acceptors (Lipinski definition) is 6. The average molecular weight is 391 g/mol. The maximum Gasteiger partial charge on any atom is 0.275 e. The second-order valence-electron chi connectivity index (χ2n) is 5.82. The molecule has 0 spiro atoms. The molecule has 1 N–H and O–H groups in total. The largest absolute Gasteiger partial charge is 0.494 e. The Morgan fingerprint density at radius 2 is 2.07 bits per heavy atom. The Labute approximate surface area is 165 Å². The van der Waals surface area contributed by atoms with Crippen molar-refractivity contribution < 1.29 is 9.53 Å². The van der Waals surface area contributed by atoms with Crippen LogP contribution < -0.4 is 10.1 Å². The minimum Gasteiger partial charge on any atom is -0.494 e. The molecule has 7 nitrogen and oxygen atoms in total. The number of carbonyl (C=O) groups excluding carboxylic acids is 1. The minimum atomic E-state index is -0.273. The highest BCUT2D eigenvalue weighted by Crippen LogP contribution is 2.26. The van der Waals surface area contributed by atoms with Crippen LogP contribution in [-0.4, -0.2) is 32.0 Å². The molecule has 0 radical (unpaired) electrons. The lowest BCUT2D eigenvalue weighted by molar-refractivity contribution is 0.102. The van der Waals surface area contributed by atoms with Crippen molar-refractivity contribution >= 4 is 22.9 Å². The molecule has 4 aromatic rings. The lowest BCUT2D eigenvalue weighted by Gasteiger charge is -2.05. The fraction of sp³-hybridized carbons (Fsp3) is 0.100. The summed E-state index contributed by atoms with van der Waals surface area (Å²) in [6, 6.07) is 11.3. The number of aromatic nitrogens is 4. The topological polar surface area (TPSA) is 81.9 Å². The highest BCUT2D eigenvalue weighted by molar-refractivity contribution is 7.13. The van der Waals surface area contributed by atoms with Crippen LogP contribution in [0.2, 0.25) is 0 Å². The van der Waals surface area contributed by atoms with E-state index in [4.69, 9.17) is 4.74 Å². The number of amides is 1. The maximum atomic E-state index is 12.5. The van der Waals surface area contributed by atoms with E-state index in [1.165, 1.54) is 11.3 Å². The second-order valence-corrected chi connectivity index (χ2v) is 6.68. The van der Waals surface area contributed by atoms with E-state index in [-0.39, 0.29) is 5.91 Å². The number of imidazole rings is 1. The molecule has 4 rings (SSSR count). The molecule has 140 valence electrons. The molecule has 0 aliphatic rings. The van der Waals surface area contributed by atoms with Crippen molar-refractivity contribution in [1.29, 1.82) is 0 Å². The van der Waals surface area contributed by atoms with Gasteiger partial charge in [0.15, 0.2) is 0 Å². The number of rotatable bonds is 6. The summed E-state index contributed by atoms with van der Waals surface area (Å²) in [4.78, 5) is 25.2. The quantitative estimate of drug-likeness (QED) is 0.536. The molecule has 0 atom stereocenters. The summed E-state index contributed by atoms with van der Waals surface area (Å²) in [7, 11) is 0. The van der Waals surface area contributed by atoms with Crippen molar-refractivity contribution in [2.75, 3.05) is 11.9 Å². The summed E-state index contributed by atoms with van der Waals surface area (Å²) in [5, 5.41) is 5.34. The van der Waals surface area contributed by atoms with Crippen LogP contribution in [0.25, 0.3) is 16.4 Å². The molecule has 28 heavy (non-hydrogen) atoms. The van der Waals surface area contributed by atoms with Gasteiger partial charge in [0.2, 0.25) is 0 Å². The minimum absolute atomic E-state index is 0.273. The molecule has 0 aliphatic carbocycles. The third-order valence-electron chi connectivity index (χ3n) is 3.92. The zero-order chi connectivity index (χ0) is 19.3. The first-order valence-corrected chi connectivity index (χ1v) is 9.55. The number of hydrogen-bond donors (Lipinski definition) is 1. The molecular weight excluding hydrogens is 374 g/mol. The lowest BCUT2D eigenvalue weighted by Crippen LogP contribution is -2.12. The van der Waals surface area contributed by atoms with Gasteiger partial charge in [-0.25, -0.2) is 15.0 Å². The molecule has 3 heterocycles. The van der Waals surface area contributed by atoms with Crippen LogP contribution >= 0.6 is 11.3 Å². The Bertz CT molecular complexity index is 1060. The molecule has 1 aromatic carbocycles. The molecule has 0 bridgehead atoms. The molecule has 0 saturated carbocycles. The summed E-state index contributed by atoms with van der Waals surface area (Å²) in [6.45, 7) is 2.57. The van der Waals surface area contributed by atoms with Crippen LogP contribution in [0, 0.1) is 0 Å². The fourth-order valence-electron chi connectivity index (χ4n) is 2.57. The average Bonchev–Trinajstić information content (AvgIpc) is 3.42. The Hall–Kier alpha value is -3.52. The zero-order valence-corrected chi connectivity index (χ0v) is 15.9. The number of nitrogens with zero attached hydrogens (tertiary/aromatic N) is 4. The SMILES string of the molecule is CCOc1ccc(-c2nc(C(=O)Nc3ccc(-n4ccnc4)nc3)cs2)cc1. The number of nitrogens with one attached hydrogen (secondary N) is 1. The van der Waals surface area contributed by atoms with Crippen molar-refractivity contribution in [2.24, 2.45) is 0 Å². The van der Waals surface area contributed by atoms with Crippen molar-refractivity contribution in [1.82, 2.24) is 19.5 Å². The van der Waals surface area contributed by atoms with Gasteiger partial charge in [-0.2, -0.15) is 0 Å². The summed E-state index contributed by atoms with van der Waals surface area (Å²) in [5.41, 5.74) is 1.91. The third kappa shape index (κ3) is 3.91. The van der Waals surface area contributed by atoms with Gasteiger partial charge in [-0.3, -0.25) is 9.36 Å². The number of carbonyl (C=O) groups is 1. The van der Waals surface area contributed by atoms with Gasteiger partial charge < -0.3 is 10.1 Å². The fourth-order valence-corrected chi connectivity index (χ4v) is 3.38. The maximum absolute atomic E-state index is 12.5. The monoisotopic (exact) mass is 391 g/mol. The van der Waals surface area contributed by atoms with Gasteiger partial charge in [-0.05, 0) is 43.3 Å². The van der Waals surface area contributed by atoms with E-state index in [2.05, 4.69) is 20.3 Å². The summed E-state index contributed by atoms with van der Waals surface area (Å²) < 4.78 is 7.23. The Morgan fingerprint density at radius 1 is 1.21 bits per heavy atom. The van der Waals surface area contributed by atoms with Gasteiger partial charge in [-0.1, -0.05) is 0 Å². The first-order chi connectivity index (χ1) is 13.7. The molecule has 3 aromatic heterocycles. The van der Waals surface area contributed by atoms with Crippen LogP contribution in [0.15, 0.2) is 66.7 Å².